The van der Waals surface area contributed by atoms with Crippen LogP contribution in [0.4, 0.5) is 0 Å². The first kappa shape index (κ1) is 19.3. The average Bonchev–Trinajstić information content (AvgIpc) is 2.45. The Balaban J connectivity index is 3.35. The minimum absolute atomic E-state index is 0.240. The van der Waals surface area contributed by atoms with E-state index in [1.165, 1.54) is 31.8 Å². The highest BCUT2D eigenvalue weighted by atomic mass is 28.4. The monoisotopic (exact) mass is 302 g/mol. The number of allylic oxidation sites excluding steroid dienone is 1. The summed E-state index contributed by atoms with van der Waals surface area (Å²) in [4.78, 5) is 11.0. The lowest BCUT2D eigenvalue weighted by atomic mass is 10.1. The highest BCUT2D eigenvalue weighted by Gasteiger charge is 2.27. The molecule has 0 rings (SSSR count). The van der Waals surface area contributed by atoms with Crippen molar-refractivity contribution >= 4 is 14.5 Å². The molecule has 0 aliphatic carbocycles. The zero-order chi connectivity index (χ0) is 15.3. The van der Waals surface area contributed by atoms with Gasteiger partial charge in [0.15, 0.2) is 0 Å². The Hall–Kier alpha value is -0.653. The van der Waals surface area contributed by atoms with Crippen molar-refractivity contribution in [2.45, 2.75) is 58.0 Å². The molecule has 0 aromatic carbocycles. The van der Waals surface area contributed by atoms with Gasteiger partial charge in [0.25, 0.3) is 0 Å². The summed E-state index contributed by atoms with van der Waals surface area (Å²) in [6.45, 7) is 4.44. The van der Waals surface area contributed by atoms with Gasteiger partial charge < -0.3 is 13.6 Å². The Morgan fingerprint density at radius 2 is 1.55 bits per heavy atom. The predicted molar refractivity (Wildman–Crippen MR) is 83.9 cm³/mol. The highest BCUT2D eigenvalue weighted by Crippen LogP contribution is 2.17. The maximum atomic E-state index is 11.0. The Morgan fingerprint density at radius 3 is 2.10 bits per heavy atom. The van der Waals surface area contributed by atoms with Gasteiger partial charge in [-0.2, -0.15) is 0 Å². The Kier molecular flexibility index (Phi) is 11.7. The lowest BCUT2D eigenvalue weighted by molar-refractivity contribution is -0.137. The molecule has 0 aromatic heterocycles. The second-order valence-electron chi connectivity index (χ2n) is 5.08. The van der Waals surface area contributed by atoms with Gasteiger partial charge in [0.1, 0.15) is 0 Å². The molecule has 4 nitrogen and oxygen atoms in total. The molecule has 0 bridgehead atoms. The number of carbonyl (C=O) groups excluding carboxylic acids is 1. The zero-order valence-electron chi connectivity index (χ0n) is 13.4. The summed E-state index contributed by atoms with van der Waals surface area (Å²) in [5.74, 6) is -0.240. The molecule has 0 aliphatic rings. The van der Waals surface area contributed by atoms with Crippen molar-refractivity contribution < 1.29 is 18.4 Å². The van der Waals surface area contributed by atoms with E-state index in [0.29, 0.717) is 6.61 Å². The largest absolute Gasteiger partial charge is 0.463 e. The summed E-state index contributed by atoms with van der Waals surface area (Å²) in [6, 6.07) is 1.06. The van der Waals surface area contributed by atoms with Crippen molar-refractivity contribution in [2.75, 3.05) is 20.8 Å². The van der Waals surface area contributed by atoms with Crippen LogP contribution in [0.1, 0.15) is 45.4 Å². The molecule has 118 valence electrons. The summed E-state index contributed by atoms with van der Waals surface area (Å²) in [6.07, 6.45) is 10.0. The maximum absolute atomic E-state index is 11.0. The fourth-order valence-corrected chi connectivity index (χ4v) is 3.37. The molecule has 0 amide bonds. The van der Waals surface area contributed by atoms with Gasteiger partial charge in [-0.3, -0.25) is 0 Å². The first-order chi connectivity index (χ1) is 9.58. The predicted octanol–water partition coefficient (Wildman–Crippen LogP) is 3.81. The van der Waals surface area contributed by atoms with Crippen LogP contribution in [-0.4, -0.2) is 35.4 Å². The van der Waals surface area contributed by atoms with Crippen molar-refractivity contribution in [1.82, 2.24) is 0 Å². The van der Waals surface area contributed by atoms with E-state index in [-0.39, 0.29) is 5.97 Å². The van der Waals surface area contributed by atoms with Crippen LogP contribution in [0.25, 0.3) is 0 Å². The van der Waals surface area contributed by atoms with Crippen LogP contribution >= 0.6 is 0 Å². The summed E-state index contributed by atoms with van der Waals surface area (Å²) >= 11 is 0. The van der Waals surface area contributed by atoms with Gasteiger partial charge in [-0.1, -0.05) is 38.2 Å². The molecule has 0 aromatic rings. The smallest absolute Gasteiger partial charge is 0.334 e. The second-order valence-corrected chi connectivity index (χ2v) is 8.66. The molecule has 0 spiro atoms. The Morgan fingerprint density at radius 1 is 1.00 bits per heavy atom. The van der Waals surface area contributed by atoms with Gasteiger partial charge in [-0.25, -0.2) is 4.79 Å². The number of rotatable bonds is 12. The molecule has 5 heteroatoms. The summed E-state index contributed by atoms with van der Waals surface area (Å²) in [5.41, 5.74) is 0. The number of hydrogen-bond acceptors (Lipinski definition) is 4. The summed E-state index contributed by atoms with van der Waals surface area (Å²) in [7, 11) is 1.62. The summed E-state index contributed by atoms with van der Waals surface area (Å²) < 4.78 is 15.9. The topological polar surface area (TPSA) is 44.8 Å². The molecule has 0 heterocycles. The lowest BCUT2D eigenvalue weighted by Gasteiger charge is -2.22. The first-order valence-corrected chi connectivity index (χ1v) is 10.00. The van der Waals surface area contributed by atoms with Crippen LogP contribution in [0.3, 0.4) is 0 Å². The van der Waals surface area contributed by atoms with Crippen molar-refractivity contribution in [3.63, 3.8) is 0 Å². The molecule has 0 saturated heterocycles. The van der Waals surface area contributed by atoms with Crippen LogP contribution in [0.5, 0.6) is 0 Å². The Labute approximate surface area is 124 Å². The standard InChI is InChI=1S/C15H30O4Si/c1-5-12-15(16)19-13-10-8-6-7-9-11-14-20(4,17-2)18-3/h5,12H,6-11,13-14H2,1-4H3. The van der Waals surface area contributed by atoms with Crippen molar-refractivity contribution in [2.24, 2.45) is 0 Å². The number of unbranched alkanes of at least 4 members (excludes halogenated alkanes) is 5. The number of esters is 1. The van der Waals surface area contributed by atoms with Gasteiger partial charge in [0, 0.05) is 20.3 Å². The van der Waals surface area contributed by atoms with E-state index in [0.717, 1.165) is 18.9 Å². The molecular formula is C15H30O4Si. The molecular weight excluding hydrogens is 272 g/mol. The van der Waals surface area contributed by atoms with Gasteiger partial charge in [-0.05, 0) is 25.9 Å². The third-order valence-corrected chi connectivity index (χ3v) is 6.42. The number of hydrogen-bond donors (Lipinski definition) is 0. The molecule has 0 unspecified atom stereocenters. The van der Waals surface area contributed by atoms with E-state index >= 15 is 0 Å². The van der Waals surface area contributed by atoms with E-state index in [4.69, 9.17) is 13.6 Å². The maximum Gasteiger partial charge on any atom is 0.334 e. The second kappa shape index (κ2) is 12.1. The van der Waals surface area contributed by atoms with E-state index in [9.17, 15) is 4.79 Å². The van der Waals surface area contributed by atoms with Crippen molar-refractivity contribution in [3.8, 4) is 0 Å². The van der Waals surface area contributed by atoms with Gasteiger partial charge in [0.05, 0.1) is 6.61 Å². The number of ether oxygens (including phenoxy) is 1. The average molecular weight is 302 g/mol. The van der Waals surface area contributed by atoms with Crippen LogP contribution in [0.15, 0.2) is 12.2 Å². The molecule has 20 heavy (non-hydrogen) atoms. The van der Waals surface area contributed by atoms with Crippen LogP contribution in [0, 0.1) is 0 Å². The van der Waals surface area contributed by atoms with Crippen LogP contribution < -0.4 is 0 Å². The van der Waals surface area contributed by atoms with E-state index in [1.807, 2.05) is 6.92 Å². The van der Waals surface area contributed by atoms with Crippen molar-refractivity contribution in [3.05, 3.63) is 12.2 Å². The molecule has 0 atom stereocenters. The zero-order valence-corrected chi connectivity index (χ0v) is 14.4. The minimum atomic E-state index is -1.86. The third kappa shape index (κ3) is 10.2. The SMILES string of the molecule is CC=CC(=O)OCCCCCCCC[Si](C)(OC)OC. The van der Waals surface area contributed by atoms with Gasteiger partial charge in [0.2, 0.25) is 0 Å². The normalized spacial score (nSPS) is 12.0. The number of carbonyl (C=O) groups is 1. The molecule has 0 N–H and O–H groups in total. The minimum Gasteiger partial charge on any atom is -0.463 e. The third-order valence-electron chi connectivity index (χ3n) is 3.44. The van der Waals surface area contributed by atoms with E-state index in [2.05, 4.69) is 6.55 Å². The fraction of sp³-hybridized carbons (Fsp3) is 0.800. The van der Waals surface area contributed by atoms with E-state index in [1.54, 1.807) is 20.3 Å². The first-order valence-electron chi connectivity index (χ1n) is 7.47. The molecule has 0 radical (unpaired) electrons. The van der Waals surface area contributed by atoms with Gasteiger partial charge >= 0.3 is 14.5 Å². The lowest BCUT2D eigenvalue weighted by Crippen LogP contribution is -2.35. The Bertz CT molecular complexity index is 275. The van der Waals surface area contributed by atoms with Crippen molar-refractivity contribution in [1.29, 1.82) is 0 Å². The fourth-order valence-electron chi connectivity index (χ4n) is 1.90. The van der Waals surface area contributed by atoms with Gasteiger partial charge in [-0.15, -0.1) is 0 Å². The van der Waals surface area contributed by atoms with E-state index < -0.39 is 8.56 Å². The molecule has 0 fully saturated rings. The van der Waals surface area contributed by atoms with Crippen LogP contribution in [-0.2, 0) is 18.4 Å². The quantitative estimate of drug-likeness (QED) is 0.238. The highest BCUT2D eigenvalue weighted by molar-refractivity contribution is 6.65. The summed E-state index contributed by atoms with van der Waals surface area (Å²) in [5, 5.41) is 0. The van der Waals surface area contributed by atoms with Crippen LogP contribution in [0.2, 0.25) is 12.6 Å². The molecule has 0 saturated carbocycles. The molecule has 0 aliphatic heterocycles.